The van der Waals surface area contributed by atoms with Crippen LogP contribution in [0.15, 0.2) is 24.3 Å². The van der Waals surface area contributed by atoms with Crippen molar-refractivity contribution in [3.63, 3.8) is 0 Å². The summed E-state index contributed by atoms with van der Waals surface area (Å²) >= 11 is 0. The van der Waals surface area contributed by atoms with Gasteiger partial charge < -0.3 is 19.7 Å². The monoisotopic (exact) mass is 358 g/mol. The van der Waals surface area contributed by atoms with E-state index in [2.05, 4.69) is 16.3 Å². The van der Waals surface area contributed by atoms with Gasteiger partial charge in [0.1, 0.15) is 11.4 Å². The molecule has 3 aliphatic rings. The lowest BCUT2D eigenvalue weighted by Gasteiger charge is -2.47. The second-order valence-electron chi connectivity index (χ2n) is 8.13. The van der Waals surface area contributed by atoms with Gasteiger partial charge in [0, 0.05) is 45.1 Å². The standard InChI is InChI=1S/C21H30N2O3/c1-25-13-12-23-10-8-21(9-11-23)15-18(22-20(24)14-16-6-7-16)17-4-2-3-5-19(17)26-21/h2-5,16,18H,6-15H2,1H3,(H,22,24)/t18-/m0/s1. The highest BCUT2D eigenvalue weighted by Crippen LogP contribution is 2.44. The van der Waals surface area contributed by atoms with Crippen LogP contribution in [-0.4, -0.2) is 49.8 Å². The second kappa shape index (κ2) is 7.57. The van der Waals surface area contributed by atoms with Gasteiger partial charge in [-0.05, 0) is 37.7 Å². The molecule has 1 aromatic rings. The first-order chi connectivity index (χ1) is 12.7. The molecule has 0 radical (unpaired) electrons. The lowest BCUT2D eigenvalue weighted by atomic mass is 9.80. The van der Waals surface area contributed by atoms with Crippen LogP contribution in [0.1, 0.15) is 50.1 Å². The Morgan fingerprint density at radius 3 is 2.81 bits per heavy atom. The molecule has 26 heavy (non-hydrogen) atoms. The number of carbonyl (C=O) groups is 1. The molecule has 0 aromatic heterocycles. The van der Waals surface area contributed by atoms with Gasteiger partial charge in [-0.15, -0.1) is 0 Å². The quantitative estimate of drug-likeness (QED) is 0.850. The molecular weight excluding hydrogens is 328 g/mol. The van der Waals surface area contributed by atoms with Crippen LogP contribution in [0.25, 0.3) is 0 Å². The molecule has 2 fully saturated rings. The third kappa shape index (κ3) is 4.04. The van der Waals surface area contributed by atoms with Crippen molar-refractivity contribution in [2.24, 2.45) is 5.92 Å². The molecule has 1 spiro atoms. The zero-order chi connectivity index (χ0) is 18.0. The SMILES string of the molecule is COCCN1CCC2(CC1)C[C@H](NC(=O)CC1CC1)c1ccccc1O2. The fraction of sp³-hybridized carbons (Fsp3) is 0.667. The molecule has 1 aromatic carbocycles. The van der Waals surface area contributed by atoms with Gasteiger partial charge in [0.25, 0.3) is 0 Å². The first-order valence-electron chi connectivity index (χ1n) is 9.96. The van der Waals surface area contributed by atoms with Crippen molar-refractivity contribution in [2.75, 3.05) is 33.4 Å². The van der Waals surface area contributed by atoms with Gasteiger partial charge >= 0.3 is 0 Å². The number of benzene rings is 1. The predicted octanol–water partition coefficient (Wildman–Crippen LogP) is 2.91. The number of hydrogen-bond acceptors (Lipinski definition) is 4. The maximum Gasteiger partial charge on any atom is 0.220 e. The first-order valence-corrected chi connectivity index (χ1v) is 9.96. The van der Waals surface area contributed by atoms with Crippen LogP contribution in [-0.2, 0) is 9.53 Å². The summed E-state index contributed by atoms with van der Waals surface area (Å²) in [7, 11) is 1.75. The Morgan fingerprint density at radius 2 is 2.08 bits per heavy atom. The smallest absolute Gasteiger partial charge is 0.220 e. The summed E-state index contributed by atoms with van der Waals surface area (Å²) in [5.41, 5.74) is 0.971. The number of methoxy groups -OCH3 is 1. The van der Waals surface area contributed by atoms with Crippen LogP contribution in [0, 0.1) is 5.92 Å². The number of rotatable bonds is 6. The van der Waals surface area contributed by atoms with E-state index in [0.29, 0.717) is 12.3 Å². The number of nitrogens with zero attached hydrogens (tertiary/aromatic N) is 1. The summed E-state index contributed by atoms with van der Waals surface area (Å²) in [6.07, 6.45) is 5.97. The van der Waals surface area contributed by atoms with E-state index < -0.39 is 0 Å². The Labute approximate surface area is 156 Å². The minimum Gasteiger partial charge on any atom is -0.487 e. The Balaban J connectivity index is 1.45. The molecule has 1 amide bonds. The summed E-state index contributed by atoms with van der Waals surface area (Å²) in [6.45, 7) is 3.80. The van der Waals surface area contributed by atoms with Crippen molar-refractivity contribution in [1.29, 1.82) is 0 Å². The highest BCUT2D eigenvalue weighted by Gasteiger charge is 2.43. The largest absolute Gasteiger partial charge is 0.487 e. The minimum absolute atomic E-state index is 0.0664. The third-order valence-electron chi connectivity index (χ3n) is 6.08. The average Bonchev–Trinajstić information content (AvgIpc) is 3.45. The number of fused-ring (bicyclic) bond motifs is 1. The summed E-state index contributed by atoms with van der Waals surface area (Å²) in [5.74, 6) is 1.76. The molecule has 0 unspecified atom stereocenters. The van der Waals surface area contributed by atoms with Crippen LogP contribution in [0.2, 0.25) is 0 Å². The summed E-state index contributed by atoms with van der Waals surface area (Å²) in [4.78, 5) is 14.9. The van der Waals surface area contributed by atoms with Crippen LogP contribution < -0.4 is 10.1 Å². The van der Waals surface area contributed by atoms with E-state index in [1.165, 1.54) is 12.8 Å². The van der Waals surface area contributed by atoms with Gasteiger partial charge in [-0.3, -0.25) is 4.79 Å². The fourth-order valence-corrected chi connectivity index (χ4v) is 4.30. The maximum absolute atomic E-state index is 12.4. The third-order valence-corrected chi connectivity index (χ3v) is 6.08. The van der Waals surface area contributed by atoms with E-state index in [1.807, 2.05) is 18.2 Å². The molecule has 1 aliphatic carbocycles. The molecular formula is C21H30N2O3. The van der Waals surface area contributed by atoms with Gasteiger partial charge in [-0.1, -0.05) is 18.2 Å². The Kier molecular flexibility index (Phi) is 5.18. The van der Waals surface area contributed by atoms with Gasteiger partial charge in [0.05, 0.1) is 12.6 Å². The van der Waals surface area contributed by atoms with Gasteiger partial charge in [0.2, 0.25) is 5.91 Å². The van der Waals surface area contributed by atoms with Gasteiger partial charge in [-0.2, -0.15) is 0 Å². The van der Waals surface area contributed by atoms with Crippen molar-refractivity contribution in [2.45, 2.75) is 50.2 Å². The van der Waals surface area contributed by atoms with Crippen molar-refractivity contribution in [3.8, 4) is 5.75 Å². The summed E-state index contributed by atoms with van der Waals surface area (Å²) < 4.78 is 11.7. The molecule has 5 heteroatoms. The lowest BCUT2D eigenvalue weighted by molar-refractivity contribution is -0.123. The molecule has 0 bridgehead atoms. The lowest BCUT2D eigenvalue weighted by Crippen LogP contribution is -2.52. The van der Waals surface area contributed by atoms with E-state index in [-0.39, 0.29) is 17.6 Å². The van der Waals surface area contributed by atoms with E-state index in [0.717, 1.165) is 56.8 Å². The summed E-state index contributed by atoms with van der Waals surface area (Å²) in [6, 6.07) is 8.27. The normalized spacial score (nSPS) is 24.7. The predicted molar refractivity (Wildman–Crippen MR) is 100 cm³/mol. The number of nitrogens with one attached hydrogen (secondary N) is 1. The highest BCUT2D eigenvalue weighted by molar-refractivity contribution is 5.77. The minimum atomic E-state index is -0.157. The van der Waals surface area contributed by atoms with E-state index in [1.54, 1.807) is 7.11 Å². The number of amides is 1. The molecule has 1 atom stereocenters. The summed E-state index contributed by atoms with van der Waals surface area (Å²) in [5, 5.41) is 3.31. The zero-order valence-electron chi connectivity index (χ0n) is 15.7. The average molecular weight is 358 g/mol. The van der Waals surface area contributed by atoms with Gasteiger partial charge in [0.15, 0.2) is 0 Å². The number of hydrogen-bond donors (Lipinski definition) is 1. The van der Waals surface area contributed by atoms with Crippen molar-refractivity contribution in [1.82, 2.24) is 10.2 Å². The first kappa shape index (κ1) is 17.8. The zero-order valence-corrected chi connectivity index (χ0v) is 15.7. The fourth-order valence-electron chi connectivity index (χ4n) is 4.30. The van der Waals surface area contributed by atoms with Crippen LogP contribution >= 0.6 is 0 Å². The number of piperidine rings is 1. The van der Waals surface area contributed by atoms with E-state index >= 15 is 0 Å². The molecule has 1 N–H and O–H groups in total. The molecule has 1 saturated carbocycles. The molecule has 2 heterocycles. The van der Waals surface area contributed by atoms with E-state index in [4.69, 9.17) is 9.47 Å². The number of para-hydroxylation sites is 1. The number of ether oxygens (including phenoxy) is 2. The topological polar surface area (TPSA) is 50.8 Å². The molecule has 2 aliphatic heterocycles. The Hall–Kier alpha value is -1.59. The Morgan fingerprint density at radius 1 is 1.31 bits per heavy atom. The van der Waals surface area contributed by atoms with Crippen LogP contribution in [0.3, 0.4) is 0 Å². The van der Waals surface area contributed by atoms with Crippen molar-refractivity contribution < 1.29 is 14.3 Å². The maximum atomic E-state index is 12.4. The number of carbonyl (C=O) groups excluding carboxylic acids is 1. The molecule has 142 valence electrons. The Bertz CT molecular complexity index is 636. The second-order valence-corrected chi connectivity index (χ2v) is 8.13. The molecule has 5 nitrogen and oxygen atoms in total. The van der Waals surface area contributed by atoms with Crippen LogP contribution in [0.5, 0.6) is 5.75 Å². The molecule has 4 rings (SSSR count). The van der Waals surface area contributed by atoms with Crippen molar-refractivity contribution in [3.05, 3.63) is 29.8 Å². The molecule has 1 saturated heterocycles. The van der Waals surface area contributed by atoms with Crippen LogP contribution in [0.4, 0.5) is 0 Å². The van der Waals surface area contributed by atoms with E-state index in [9.17, 15) is 4.79 Å². The van der Waals surface area contributed by atoms with Gasteiger partial charge in [-0.25, -0.2) is 0 Å². The highest BCUT2D eigenvalue weighted by atomic mass is 16.5. The number of likely N-dealkylation sites (tertiary alicyclic amines) is 1. The van der Waals surface area contributed by atoms with Crippen molar-refractivity contribution >= 4 is 5.91 Å².